The van der Waals surface area contributed by atoms with Crippen LogP contribution in [0.3, 0.4) is 0 Å². The number of H-pyrrole nitrogens is 1. The molecule has 2 aromatic carbocycles. The van der Waals surface area contributed by atoms with Gasteiger partial charge >= 0.3 is 0 Å². The molecule has 192 valence electrons. The van der Waals surface area contributed by atoms with Gasteiger partial charge in [-0.1, -0.05) is 18.2 Å². The number of thiophene rings is 1. The highest BCUT2D eigenvalue weighted by Gasteiger charge is 2.20. The number of carbonyl (C=O) groups is 1. The molecule has 0 spiro atoms. The van der Waals surface area contributed by atoms with Crippen molar-refractivity contribution < 1.29 is 9.18 Å². The summed E-state index contributed by atoms with van der Waals surface area (Å²) in [6.45, 7) is 3.49. The van der Waals surface area contributed by atoms with Crippen LogP contribution >= 0.6 is 22.7 Å². The van der Waals surface area contributed by atoms with Crippen LogP contribution in [0.5, 0.6) is 0 Å². The summed E-state index contributed by atoms with van der Waals surface area (Å²) < 4.78 is 15.9. The Labute approximate surface area is 225 Å². The van der Waals surface area contributed by atoms with Crippen LogP contribution in [0.2, 0.25) is 0 Å². The summed E-state index contributed by atoms with van der Waals surface area (Å²) in [6.07, 6.45) is 0.868. The fraction of sp³-hybridized carbons (Fsp3) is 0.185. The quantitative estimate of drug-likeness (QED) is 0.268. The van der Waals surface area contributed by atoms with Gasteiger partial charge in [-0.2, -0.15) is 5.10 Å². The van der Waals surface area contributed by atoms with Crippen LogP contribution in [0.15, 0.2) is 53.3 Å². The average Bonchev–Trinajstić information content (AvgIpc) is 3.51. The van der Waals surface area contributed by atoms with E-state index in [1.165, 1.54) is 33.6 Å². The van der Waals surface area contributed by atoms with Crippen LogP contribution in [-0.4, -0.2) is 39.6 Å². The van der Waals surface area contributed by atoms with Gasteiger partial charge in [0, 0.05) is 34.7 Å². The number of carbonyl (C=O) groups excluding carboxylic acids is 1. The van der Waals surface area contributed by atoms with Crippen molar-refractivity contribution in [2.24, 2.45) is 0 Å². The Morgan fingerprint density at radius 2 is 2.00 bits per heavy atom. The Hall–Kier alpha value is -3.93. The third-order valence-corrected chi connectivity index (χ3v) is 8.66. The predicted molar refractivity (Wildman–Crippen MR) is 150 cm³/mol. The van der Waals surface area contributed by atoms with Crippen molar-refractivity contribution in [2.45, 2.75) is 19.9 Å². The maximum atomic E-state index is 14.9. The van der Waals surface area contributed by atoms with Crippen molar-refractivity contribution in [1.29, 1.82) is 0 Å². The monoisotopic (exact) mass is 546 g/mol. The lowest BCUT2D eigenvalue weighted by Crippen LogP contribution is -2.25. The number of benzene rings is 2. The highest BCUT2D eigenvalue weighted by atomic mass is 32.1. The molecule has 0 radical (unpaired) electrons. The summed E-state index contributed by atoms with van der Waals surface area (Å²) in [5, 5.41) is 14.2. The Morgan fingerprint density at radius 1 is 1.16 bits per heavy atom. The molecule has 1 aliphatic heterocycles. The van der Waals surface area contributed by atoms with Crippen LogP contribution in [-0.2, 0) is 13.0 Å². The number of nitrogens with zero attached hydrogens (tertiary/aromatic N) is 3. The minimum atomic E-state index is -0.554. The van der Waals surface area contributed by atoms with Crippen LogP contribution in [0, 0.1) is 12.7 Å². The maximum absolute atomic E-state index is 14.9. The van der Waals surface area contributed by atoms with Gasteiger partial charge in [0.05, 0.1) is 22.0 Å². The molecule has 11 heteroatoms. The molecule has 0 saturated carbocycles. The van der Waals surface area contributed by atoms with Gasteiger partial charge < -0.3 is 15.5 Å². The third-order valence-electron chi connectivity index (χ3n) is 6.55. The summed E-state index contributed by atoms with van der Waals surface area (Å²) in [5.41, 5.74) is 2.53. The number of hydrogen-bond acceptors (Lipinski definition) is 8. The van der Waals surface area contributed by atoms with E-state index in [2.05, 4.69) is 37.8 Å². The molecule has 0 unspecified atom stereocenters. The van der Waals surface area contributed by atoms with Gasteiger partial charge in [-0.15, -0.1) is 22.7 Å². The second-order valence-corrected chi connectivity index (χ2v) is 11.4. The maximum Gasteiger partial charge on any atom is 0.287 e. The second kappa shape index (κ2) is 9.75. The van der Waals surface area contributed by atoms with E-state index in [9.17, 15) is 14.0 Å². The number of nitrogens with one attached hydrogen (secondary N) is 3. The van der Waals surface area contributed by atoms with Gasteiger partial charge in [0.2, 0.25) is 0 Å². The molecule has 5 aromatic rings. The van der Waals surface area contributed by atoms with Crippen molar-refractivity contribution in [1.82, 2.24) is 20.1 Å². The highest BCUT2D eigenvalue weighted by Crippen LogP contribution is 2.33. The first-order chi connectivity index (χ1) is 18.4. The lowest BCUT2D eigenvalue weighted by molar-refractivity contribution is 0.103. The van der Waals surface area contributed by atoms with Crippen LogP contribution < -0.4 is 16.2 Å². The first kappa shape index (κ1) is 24.4. The lowest BCUT2D eigenvalue weighted by Gasteiger charge is -2.20. The molecule has 3 aromatic heterocycles. The first-order valence-corrected chi connectivity index (χ1v) is 13.6. The topological polar surface area (TPSA) is 103 Å². The summed E-state index contributed by atoms with van der Waals surface area (Å²) in [7, 11) is 2.07. The van der Waals surface area contributed by atoms with Crippen molar-refractivity contribution in [3.63, 3.8) is 0 Å². The molecule has 6 rings (SSSR count). The van der Waals surface area contributed by atoms with Gasteiger partial charge in [0.25, 0.3) is 11.5 Å². The van der Waals surface area contributed by atoms with Gasteiger partial charge in [0.15, 0.2) is 5.13 Å². The minimum Gasteiger partial charge on any atom is -0.327 e. The molecule has 38 heavy (non-hydrogen) atoms. The SMILES string of the molecule is Cc1c(-c2cc(Nc3nc4c(s3)CN(C)CC4)c(=O)[nH]n2)ccc(F)c1NC(=O)c1cc2ccccc2s1. The third kappa shape index (κ3) is 4.60. The van der Waals surface area contributed by atoms with Crippen molar-refractivity contribution in [3.8, 4) is 11.3 Å². The number of aromatic amines is 1. The predicted octanol–water partition coefficient (Wildman–Crippen LogP) is 5.54. The van der Waals surface area contributed by atoms with E-state index in [-0.39, 0.29) is 17.3 Å². The van der Waals surface area contributed by atoms with Crippen molar-refractivity contribution >= 4 is 55.2 Å². The van der Waals surface area contributed by atoms with E-state index < -0.39 is 11.4 Å². The molecule has 8 nitrogen and oxygen atoms in total. The van der Waals surface area contributed by atoms with E-state index >= 15 is 0 Å². The van der Waals surface area contributed by atoms with Crippen LogP contribution in [0.4, 0.5) is 20.9 Å². The summed E-state index contributed by atoms with van der Waals surface area (Å²) in [5.74, 6) is -0.942. The zero-order valence-electron chi connectivity index (χ0n) is 20.6. The number of halogens is 1. The molecule has 1 amide bonds. The van der Waals surface area contributed by atoms with E-state index in [1.54, 1.807) is 25.1 Å². The molecular weight excluding hydrogens is 523 g/mol. The Balaban J connectivity index is 1.29. The number of hydrogen-bond donors (Lipinski definition) is 3. The number of fused-ring (bicyclic) bond motifs is 2. The largest absolute Gasteiger partial charge is 0.327 e. The zero-order valence-corrected chi connectivity index (χ0v) is 22.2. The summed E-state index contributed by atoms with van der Waals surface area (Å²) >= 11 is 2.87. The van der Waals surface area contributed by atoms with Gasteiger partial charge in [0.1, 0.15) is 11.5 Å². The van der Waals surface area contributed by atoms with Gasteiger partial charge in [-0.25, -0.2) is 14.5 Å². The first-order valence-electron chi connectivity index (χ1n) is 12.0. The van der Waals surface area contributed by atoms with E-state index in [1.807, 2.05) is 24.3 Å². The molecule has 0 aliphatic carbocycles. The highest BCUT2D eigenvalue weighted by molar-refractivity contribution is 7.20. The normalized spacial score (nSPS) is 13.4. The Bertz CT molecular complexity index is 1730. The average molecular weight is 547 g/mol. The lowest BCUT2D eigenvalue weighted by atomic mass is 10.0. The van der Waals surface area contributed by atoms with E-state index in [4.69, 9.17) is 0 Å². The van der Waals surface area contributed by atoms with E-state index in [0.717, 1.165) is 35.3 Å². The molecule has 3 N–H and O–H groups in total. The zero-order chi connectivity index (χ0) is 26.4. The standard InChI is InChI=1S/C27H23FN6O2S2/c1-14-16(7-8-17(28)24(14)31-26(36)22-11-15-5-3-4-6-21(15)37-22)19-12-20(25(35)33-32-19)30-27-29-18-9-10-34(2)13-23(18)38-27/h3-8,11-12H,9-10,13H2,1-2H3,(H,31,36)(H,33,35)(H,29,30,32). The number of likely N-dealkylation sites (N-methyl/N-ethyl adjacent to an activating group) is 1. The molecular formula is C27H23FN6O2S2. The Kier molecular flexibility index (Phi) is 6.26. The van der Waals surface area contributed by atoms with E-state index in [0.29, 0.717) is 26.8 Å². The van der Waals surface area contributed by atoms with Crippen LogP contribution in [0.25, 0.3) is 21.3 Å². The number of rotatable bonds is 5. The fourth-order valence-corrected chi connectivity index (χ4v) is 6.57. The number of anilines is 3. The Morgan fingerprint density at radius 3 is 2.84 bits per heavy atom. The van der Waals surface area contributed by atoms with Crippen LogP contribution in [0.1, 0.15) is 25.8 Å². The fourth-order valence-electron chi connectivity index (χ4n) is 4.51. The van der Waals surface area contributed by atoms with Gasteiger partial charge in [-0.05, 0) is 55.3 Å². The number of aromatic nitrogens is 3. The molecule has 0 saturated heterocycles. The molecule has 0 fully saturated rings. The number of thiazole rings is 1. The van der Waals surface area contributed by atoms with Gasteiger partial charge in [-0.3, -0.25) is 9.59 Å². The molecule has 0 atom stereocenters. The second-order valence-electron chi connectivity index (χ2n) is 9.20. The smallest absolute Gasteiger partial charge is 0.287 e. The minimum absolute atomic E-state index is 0.0733. The number of amides is 1. The molecule has 1 aliphatic rings. The van der Waals surface area contributed by atoms with Crippen molar-refractivity contribution in [3.05, 3.63) is 85.7 Å². The summed E-state index contributed by atoms with van der Waals surface area (Å²) in [4.78, 5) is 34.1. The summed E-state index contributed by atoms with van der Waals surface area (Å²) in [6, 6.07) is 14.0. The molecule has 0 bridgehead atoms. The van der Waals surface area contributed by atoms with Crippen molar-refractivity contribution in [2.75, 3.05) is 24.2 Å². The molecule has 4 heterocycles.